The molecule has 0 aromatic rings. The van der Waals surface area contributed by atoms with Crippen molar-refractivity contribution in [2.24, 2.45) is 16.8 Å². The van der Waals surface area contributed by atoms with Gasteiger partial charge in [0.25, 0.3) is 0 Å². The Bertz CT molecular complexity index is 504. The third-order valence-corrected chi connectivity index (χ3v) is 7.74. The molecule has 6 nitrogen and oxygen atoms in total. The van der Waals surface area contributed by atoms with Gasteiger partial charge in [-0.3, -0.25) is 14.8 Å². The Morgan fingerprint density at radius 2 is 1.50 bits per heavy atom. The highest BCUT2D eigenvalue weighted by Gasteiger charge is 2.30. The maximum atomic E-state index is 4.59. The molecule has 3 fully saturated rings. The third-order valence-electron chi connectivity index (χ3n) is 7.74. The van der Waals surface area contributed by atoms with Crippen LogP contribution < -0.4 is 5.32 Å². The van der Waals surface area contributed by atoms with E-state index in [4.69, 9.17) is 0 Å². The van der Waals surface area contributed by atoms with Crippen molar-refractivity contribution in [2.45, 2.75) is 58.5 Å². The molecule has 1 saturated carbocycles. The average Bonchev–Trinajstić information content (AvgIpc) is 2.75. The summed E-state index contributed by atoms with van der Waals surface area (Å²) in [4.78, 5) is 14.8. The van der Waals surface area contributed by atoms with Gasteiger partial charge < -0.3 is 15.1 Å². The second-order valence-corrected chi connectivity index (χ2v) is 9.95. The molecule has 1 unspecified atom stereocenters. The standard InChI is InChI=1S/C23H46N6.HI/c1-19(2)21-6-8-22(9-7-21)28-14-16-29(17-15-28)23(24-4)25-18-20(3)27-12-10-26(5)11-13-27;/h19-22H,6-18H2,1-5H3,(H,24,25);1H. The molecule has 1 aliphatic carbocycles. The van der Waals surface area contributed by atoms with E-state index in [1.165, 1.54) is 65.0 Å². The number of hydrogen-bond acceptors (Lipinski definition) is 4. The van der Waals surface area contributed by atoms with E-state index in [0.29, 0.717) is 6.04 Å². The van der Waals surface area contributed by atoms with E-state index < -0.39 is 0 Å². The first kappa shape index (κ1) is 26.1. The van der Waals surface area contributed by atoms with Crippen molar-refractivity contribution < 1.29 is 0 Å². The molecule has 0 bridgehead atoms. The first-order valence-corrected chi connectivity index (χ1v) is 12.1. The van der Waals surface area contributed by atoms with Gasteiger partial charge in [0.1, 0.15) is 0 Å². The predicted molar refractivity (Wildman–Crippen MR) is 139 cm³/mol. The minimum atomic E-state index is 0. The number of aliphatic imine (C=N–C) groups is 1. The zero-order chi connectivity index (χ0) is 20.8. The van der Waals surface area contributed by atoms with Crippen molar-refractivity contribution in [1.82, 2.24) is 24.9 Å². The second kappa shape index (κ2) is 12.8. The van der Waals surface area contributed by atoms with Crippen LogP contribution in [0.15, 0.2) is 4.99 Å². The highest BCUT2D eigenvalue weighted by Crippen LogP contribution is 2.32. The van der Waals surface area contributed by atoms with E-state index in [1.807, 2.05) is 7.05 Å². The molecule has 0 aromatic carbocycles. The van der Waals surface area contributed by atoms with Crippen LogP contribution in [0.25, 0.3) is 0 Å². The smallest absolute Gasteiger partial charge is 0.193 e. The van der Waals surface area contributed by atoms with Gasteiger partial charge >= 0.3 is 0 Å². The van der Waals surface area contributed by atoms with Gasteiger partial charge in [0.15, 0.2) is 5.96 Å². The number of piperazine rings is 2. The normalized spacial score (nSPS) is 29.0. The van der Waals surface area contributed by atoms with Crippen LogP contribution in [0.2, 0.25) is 0 Å². The van der Waals surface area contributed by atoms with Crippen LogP contribution in [0.3, 0.4) is 0 Å². The summed E-state index contributed by atoms with van der Waals surface area (Å²) in [5.74, 6) is 2.91. The molecule has 1 atom stereocenters. The maximum absolute atomic E-state index is 4.59. The summed E-state index contributed by atoms with van der Waals surface area (Å²) in [6.07, 6.45) is 5.66. The van der Waals surface area contributed by atoms with E-state index in [0.717, 1.165) is 43.5 Å². The zero-order valence-electron chi connectivity index (χ0n) is 20.1. The Labute approximate surface area is 202 Å². The number of guanidine groups is 1. The van der Waals surface area contributed by atoms with Crippen LogP contribution in [0, 0.1) is 11.8 Å². The number of nitrogens with one attached hydrogen (secondary N) is 1. The minimum absolute atomic E-state index is 0. The quantitative estimate of drug-likeness (QED) is 0.334. The predicted octanol–water partition coefficient (Wildman–Crippen LogP) is 2.65. The van der Waals surface area contributed by atoms with Crippen LogP contribution >= 0.6 is 24.0 Å². The minimum Gasteiger partial charge on any atom is -0.355 e. The second-order valence-electron chi connectivity index (χ2n) is 9.95. The van der Waals surface area contributed by atoms with E-state index >= 15 is 0 Å². The number of hydrogen-bond donors (Lipinski definition) is 1. The van der Waals surface area contributed by atoms with Crippen molar-refractivity contribution in [3.63, 3.8) is 0 Å². The Balaban J connectivity index is 0.00000320. The zero-order valence-corrected chi connectivity index (χ0v) is 22.5. The fraction of sp³-hybridized carbons (Fsp3) is 0.957. The van der Waals surface area contributed by atoms with Crippen molar-refractivity contribution in [1.29, 1.82) is 0 Å². The maximum Gasteiger partial charge on any atom is 0.193 e. The van der Waals surface area contributed by atoms with E-state index in [-0.39, 0.29) is 24.0 Å². The number of halogens is 1. The molecular weight excluding hydrogens is 487 g/mol. The highest BCUT2D eigenvalue weighted by atomic mass is 127. The molecule has 2 saturated heterocycles. The van der Waals surface area contributed by atoms with Crippen LogP contribution in [-0.4, -0.2) is 111 Å². The summed E-state index contributed by atoms with van der Waals surface area (Å²) in [5, 5.41) is 3.66. The van der Waals surface area contributed by atoms with Gasteiger partial charge in [-0.2, -0.15) is 0 Å². The lowest BCUT2D eigenvalue weighted by Gasteiger charge is -2.43. The van der Waals surface area contributed by atoms with Crippen LogP contribution in [0.5, 0.6) is 0 Å². The first-order chi connectivity index (χ1) is 14.0. The molecule has 2 aliphatic heterocycles. The number of likely N-dealkylation sites (N-methyl/N-ethyl adjacent to an activating group) is 1. The van der Waals surface area contributed by atoms with Crippen molar-refractivity contribution in [2.75, 3.05) is 73.0 Å². The molecule has 3 rings (SSSR count). The molecule has 1 N–H and O–H groups in total. The first-order valence-electron chi connectivity index (χ1n) is 12.1. The lowest BCUT2D eigenvalue weighted by Crippen LogP contribution is -2.57. The molecule has 176 valence electrons. The molecule has 3 aliphatic rings. The summed E-state index contributed by atoms with van der Waals surface area (Å²) in [7, 11) is 4.15. The van der Waals surface area contributed by atoms with Gasteiger partial charge in [0.2, 0.25) is 0 Å². The monoisotopic (exact) mass is 534 g/mol. The summed E-state index contributed by atoms with van der Waals surface area (Å²) in [5.41, 5.74) is 0. The number of nitrogens with zero attached hydrogens (tertiary/aromatic N) is 5. The topological polar surface area (TPSA) is 37.4 Å². The third kappa shape index (κ3) is 7.20. The van der Waals surface area contributed by atoms with Gasteiger partial charge in [-0.25, -0.2) is 0 Å². The largest absolute Gasteiger partial charge is 0.355 e. The molecule has 0 spiro atoms. The SMILES string of the molecule is CN=C(NCC(C)N1CCN(C)CC1)N1CCN(C2CCC(C(C)C)CC2)CC1.I. The van der Waals surface area contributed by atoms with Crippen molar-refractivity contribution in [3.05, 3.63) is 0 Å². The Morgan fingerprint density at radius 1 is 0.900 bits per heavy atom. The number of rotatable bonds is 5. The van der Waals surface area contributed by atoms with Gasteiger partial charge in [-0.05, 0) is 51.5 Å². The van der Waals surface area contributed by atoms with Crippen molar-refractivity contribution >= 4 is 29.9 Å². The molecular formula is C23H47IN6. The molecule has 30 heavy (non-hydrogen) atoms. The van der Waals surface area contributed by atoms with Crippen molar-refractivity contribution in [3.8, 4) is 0 Å². The summed E-state index contributed by atoms with van der Waals surface area (Å²) >= 11 is 0. The van der Waals surface area contributed by atoms with E-state index in [2.05, 4.69) is 57.7 Å². The molecule has 0 radical (unpaired) electrons. The Hall–Kier alpha value is -0.120. The van der Waals surface area contributed by atoms with Gasteiger partial charge in [-0.1, -0.05) is 13.8 Å². The Morgan fingerprint density at radius 3 is 2.03 bits per heavy atom. The van der Waals surface area contributed by atoms with Gasteiger partial charge in [0, 0.05) is 78.0 Å². The van der Waals surface area contributed by atoms with Gasteiger partial charge in [0.05, 0.1) is 0 Å². The summed E-state index contributed by atoms with van der Waals surface area (Å²) < 4.78 is 0. The summed E-state index contributed by atoms with van der Waals surface area (Å²) in [6.45, 7) is 17.4. The summed E-state index contributed by atoms with van der Waals surface area (Å²) in [6, 6.07) is 1.37. The van der Waals surface area contributed by atoms with E-state index in [1.54, 1.807) is 0 Å². The fourth-order valence-electron chi connectivity index (χ4n) is 5.40. The lowest BCUT2D eigenvalue weighted by atomic mass is 9.79. The molecule has 7 heteroatoms. The molecule has 2 heterocycles. The van der Waals surface area contributed by atoms with Crippen LogP contribution in [-0.2, 0) is 0 Å². The molecule has 0 amide bonds. The lowest BCUT2D eigenvalue weighted by molar-refractivity contribution is 0.0858. The average molecular weight is 535 g/mol. The fourth-order valence-corrected chi connectivity index (χ4v) is 5.40. The highest BCUT2D eigenvalue weighted by molar-refractivity contribution is 14.0. The van der Waals surface area contributed by atoms with Crippen LogP contribution in [0.1, 0.15) is 46.5 Å². The van der Waals surface area contributed by atoms with E-state index in [9.17, 15) is 0 Å². The van der Waals surface area contributed by atoms with Crippen LogP contribution in [0.4, 0.5) is 0 Å². The van der Waals surface area contributed by atoms with Gasteiger partial charge in [-0.15, -0.1) is 24.0 Å². The Kier molecular flexibility index (Phi) is 11.1. The molecule has 0 aromatic heterocycles.